The number of hydrogen-bond donors (Lipinski definition) is 1. The zero-order valence-corrected chi connectivity index (χ0v) is 13.3. The Bertz CT molecular complexity index is 571. The van der Waals surface area contributed by atoms with Gasteiger partial charge in [-0.05, 0) is 37.6 Å². The van der Waals surface area contributed by atoms with Crippen molar-refractivity contribution in [3.8, 4) is 5.75 Å². The number of halogens is 1. The third-order valence-electron chi connectivity index (χ3n) is 3.03. The Kier molecular flexibility index (Phi) is 6.14. The van der Waals surface area contributed by atoms with Crippen molar-refractivity contribution in [2.24, 2.45) is 0 Å². The van der Waals surface area contributed by atoms with Gasteiger partial charge in [-0.1, -0.05) is 13.8 Å². The van der Waals surface area contributed by atoms with Crippen molar-refractivity contribution in [2.45, 2.75) is 39.8 Å². The monoisotopic (exact) mass is 308 g/mol. The summed E-state index contributed by atoms with van der Waals surface area (Å²) in [7, 11) is 0. The van der Waals surface area contributed by atoms with Crippen LogP contribution in [-0.4, -0.2) is 11.5 Å². The van der Waals surface area contributed by atoms with Gasteiger partial charge in [0.2, 0.25) is 0 Å². The predicted molar refractivity (Wildman–Crippen MR) is 84.2 cm³/mol. The van der Waals surface area contributed by atoms with E-state index in [0.29, 0.717) is 18.9 Å². The van der Waals surface area contributed by atoms with Crippen LogP contribution in [0.2, 0.25) is 0 Å². The van der Waals surface area contributed by atoms with Gasteiger partial charge in [0.05, 0.1) is 10.7 Å². The SMILES string of the molecule is CCCc1nc(COc2ccc(F)cc2CNCC)cs1. The molecule has 0 saturated heterocycles. The number of aryl methyl sites for hydroxylation is 1. The van der Waals surface area contributed by atoms with Crippen LogP contribution in [0.4, 0.5) is 4.39 Å². The molecule has 5 heteroatoms. The topological polar surface area (TPSA) is 34.1 Å². The van der Waals surface area contributed by atoms with Crippen LogP contribution in [0.3, 0.4) is 0 Å². The second-order valence-electron chi connectivity index (χ2n) is 4.80. The third-order valence-corrected chi connectivity index (χ3v) is 3.98. The summed E-state index contributed by atoms with van der Waals surface area (Å²) in [5, 5.41) is 6.36. The first kappa shape index (κ1) is 15.9. The highest BCUT2D eigenvalue weighted by Crippen LogP contribution is 2.21. The zero-order chi connectivity index (χ0) is 15.1. The van der Waals surface area contributed by atoms with Crippen molar-refractivity contribution in [3.63, 3.8) is 0 Å². The minimum Gasteiger partial charge on any atom is -0.487 e. The van der Waals surface area contributed by atoms with Gasteiger partial charge in [-0.15, -0.1) is 11.3 Å². The Labute approximate surface area is 129 Å². The molecular weight excluding hydrogens is 287 g/mol. The van der Waals surface area contributed by atoms with Crippen molar-refractivity contribution in [2.75, 3.05) is 6.54 Å². The quantitative estimate of drug-likeness (QED) is 0.802. The number of ether oxygens (including phenoxy) is 1. The molecule has 0 bridgehead atoms. The second kappa shape index (κ2) is 8.10. The summed E-state index contributed by atoms with van der Waals surface area (Å²) in [4.78, 5) is 4.53. The van der Waals surface area contributed by atoms with Gasteiger partial charge in [0.1, 0.15) is 18.2 Å². The molecular formula is C16H21FN2OS. The van der Waals surface area contributed by atoms with Crippen LogP contribution in [0.1, 0.15) is 36.5 Å². The molecule has 21 heavy (non-hydrogen) atoms. The molecule has 0 saturated carbocycles. The van der Waals surface area contributed by atoms with Crippen LogP contribution in [0.5, 0.6) is 5.75 Å². The molecule has 114 valence electrons. The smallest absolute Gasteiger partial charge is 0.131 e. The Balaban J connectivity index is 2.00. The van der Waals surface area contributed by atoms with Crippen LogP contribution in [0, 0.1) is 5.82 Å². The molecule has 1 N–H and O–H groups in total. The van der Waals surface area contributed by atoms with Crippen molar-refractivity contribution in [1.82, 2.24) is 10.3 Å². The van der Waals surface area contributed by atoms with Crippen molar-refractivity contribution in [1.29, 1.82) is 0 Å². The Morgan fingerprint density at radius 3 is 2.95 bits per heavy atom. The molecule has 1 heterocycles. The van der Waals surface area contributed by atoms with Crippen molar-refractivity contribution in [3.05, 3.63) is 45.7 Å². The maximum atomic E-state index is 13.3. The normalized spacial score (nSPS) is 10.8. The van der Waals surface area contributed by atoms with E-state index in [1.165, 1.54) is 12.1 Å². The van der Waals surface area contributed by atoms with Gasteiger partial charge in [0, 0.05) is 17.5 Å². The van der Waals surface area contributed by atoms with Gasteiger partial charge in [-0.25, -0.2) is 9.37 Å². The molecule has 2 aromatic rings. The highest BCUT2D eigenvalue weighted by Gasteiger charge is 2.07. The van der Waals surface area contributed by atoms with E-state index in [9.17, 15) is 4.39 Å². The summed E-state index contributed by atoms with van der Waals surface area (Å²) in [6.45, 7) is 6.02. The van der Waals surface area contributed by atoms with E-state index in [1.807, 2.05) is 12.3 Å². The first-order valence-corrected chi connectivity index (χ1v) is 8.16. The summed E-state index contributed by atoms with van der Waals surface area (Å²) in [5.41, 5.74) is 1.77. The van der Waals surface area contributed by atoms with E-state index in [2.05, 4.69) is 17.2 Å². The number of aromatic nitrogens is 1. The van der Waals surface area contributed by atoms with E-state index in [1.54, 1.807) is 17.4 Å². The fourth-order valence-electron chi connectivity index (χ4n) is 1.98. The van der Waals surface area contributed by atoms with Crippen molar-refractivity contribution < 1.29 is 9.13 Å². The van der Waals surface area contributed by atoms with Crippen molar-refractivity contribution >= 4 is 11.3 Å². The van der Waals surface area contributed by atoms with Crippen LogP contribution >= 0.6 is 11.3 Å². The summed E-state index contributed by atoms with van der Waals surface area (Å²) in [6.07, 6.45) is 2.10. The highest BCUT2D eigenvalue weighted by molar-refractivity contribution is 7.09. The molecule has 0 aliphatic carbocycles. The summed E-state index contributed by atoms with van der Waals surface area (Å²) >= 11 is 1.67. The average molecular weight is 308 g/mol. The summed E-state index contributed by atoms with van der Waals surface area (Å²) < 4.78 is 19.1. The first-order valence-electron chi connectivity index (χ1n) is 7.28. The van der Waals surface area contributed by atoms with Gasteiger partial charge in [-0.3, -0.25) is 0 Å². The van der Waals surface area contributed by atoms with Gasteiger partial charge in [-0.2, -0.15) is 0 Å². The third kappa shape index (κ3) is 4.79. The minimum atomic E-state index is -0.242. The van der Waals surface area contributed by atoms with E-state index < -0.39 is 0 Å². The molecule has 0 spiro atoms. The molecule has 3 nitrogen and oxygen atoms in total. The van der Waals surface area contributed by atoms with Gasteiger partial charge >= 0.3 is 0 Å². The fourth-order valence-corrected chi connectivity index (χ4v) is 2.87. The molecule has 1 aromatic heterocycles. The molecule has 1 aromatic carbocycles. The predicted octanol–water partition coefficient (Wildman–Crippen LogP) is 3.92. The lowest BCUT2D eigenvalue weighted by molar-refractivity contribution is 0.297. The first-order chi connectivity index (χ1) is 10.2. The van der Waals surface area contributed by atoms with E-state index in [-0.39, 0.29) is 5.82 Å². The molecule has 2 rings (SSSR count). The van der Waals surface area contributed by atoms with Crippen LogP contribution in [-0.2, 0) is 19.6 Å². The van der Waals surface area contributed by atoms with E-state index >= 15 is 0 Å². The number of nitrogens with zero attached hydrogens (tertiary/aromatic N) is 1. The molecule has 0 amide bonds. The summed E-state index contributed by atoms with van der Waals surface area (Å²) in [5.74, 6) is 0.469. The van der Waals surface area contributed by atoms with E-state index in [4.69, 9.17) is 4.74 Å². The van der Waals surface area contributed by atoms with E-state index in [0.717, 1.165) is 35.7 Å². The number of nitrogens with one attached hydrogen (secondary N) is 1. The Hall–Kier alpha value is -1.46. The standard InChI is InChI=1S/C16H21FN2OS/c1-3-5-16-19-14(11-21-16)10-20-15-7-6-13(17)8-12(15)9-18-4-2/h6-8,11,18H,3-5,9-10H2,1-2H3. The average Bonchev–Trinajstić information content (AvgIpc) is 2.92. The largest absolute Gasteiger partial charge is 0.487 e. The molecule has 0 atom stereocenters. The van der Waals surface area contributed by atoms with Gasteiger partial charge in [0.15, 0.2) is 0 Å². The lowest BCUT2D eigenvalue weighted by atomic mass is 10.2. The Morgan fingerprint density at radius 1 is 1.33 bits per heavy atom. The lowest BCUT2D eigenvalue weighted by Gasteiger charge is -2.11. The minimum absolute atomic E-state index is 0.242. The van der Waals surface area contributed by atoms with Crippen LogP contribution in [0.25, 0.3) is 0 Å². The van der Waals surface area contributed by atoms with Gasteiger partial charge in [0.25, 0.3) is 0 Å². The fraction of sp³-hybridized carbons (Fsp3) is 0.438. The second-order valence-corrected chi connectivity index (χ2v) is 5.75. The zero-order valence-electron chi connectivity index (χ0n) is 12.5. The van der Waals surface area contributed by atoms with Crippen LogP contribution in [0.15, 0.2) is 23.6 Å². The summed E-state index contributed by atoms with van der Waals surface area (Å²) in [6, 6.07) is 4.62. The number of benzene rings is 1. The lowest BCUT2D eigenvalue weighted by Crippen LogP contribution is -2.13. The Morgan fingerprint density at radius 2 is 2.19 bits per heavy atom. The number of hydrogen-bond acceptors (Lipinski definition) is 4. The maximum absolute atomic E-state index is 13.3. The highest BCUT2D eigenvalue weighted by atomic mass is 32.1. The molecule has 0 aliphatic rings. The molecule has 0 radical (unpaired) electrons. The molecule has 0 unspecified atom stereocenters. The number of thiazole rings is 1. The molecule has 0 fully saturated rings. The number of rotatable bonds is 8. The van der Waals surface area contributed by atoms with Crippen LogP contribution < -0.4 is 10.1 Å². The molecule has 0 aliphatic heterocycles. The van der Waals surface area contributed by atoms with Gasteiger partial charge < -0.3 is 10.1 Å². The maximum Gasteiger partial charge on any atom is 0.131 e.